The van der Waals surface area contributed by atoms with Crippen LogP contribution in [0.2, 0.25) is 0 Å². The number of hydrogen-bond donors (Lipinski definition) is 2. The van der Waals surface area contributed by atoms with Gasteiger partial charge in [-0.05, 0) is 6.07 Å². The van der Waals surface area contributed by atoms with Gasteiger partial charge < -0.3 is 0 Å². The summed E-state index contributed by atoms with van der Waals surface area (Å²) in [7, 11) is -9.87. The molecule has 0 aliphatic carbocycles. The zero-order valence-corrected chi connectivity index (χ0v) is 8.95. The van der Waals surface area contributed by atoms with Crippen LogP contribution in [0.3, 0.4) is 0 Å². The first-order chi connectivity index (χ1) is 7.03. The molecule has 16 heavy (non-hydrogen) atoms. The van der Waals surface area contributed by atoms with Crippen LogP contribution in [0.5, 0.6) is 11.5 Å². The lowest BCUT2D eigenvalue weighted by Gasteiger charge is -2.02. The van der Waals surface area contributed by atoms with Crippen LogP contribution in [0.4, 0.5) is 0 Å². The topological polar surface area (TPSA) is 149 Å². The Morgan fingerprint density at radius 1 is 0.875 bits per heavy atom. The minimum Gasteiger partial charge on any atom is -0.285 e. The normalized spacial score (nSPS) is 12.6. The maximum absolute atomic E-state index is 11.0. The highest BCUT2D eigenvalue weighted by Gasteiger charge is 2.25. The molecule has 0 heterocycles. The number of rotatable bonds is 2. The fourth-order valence-electron chi connectivity index (χ4n) is 0.893. The van der Waals surface area contributed by atoms with Gasteiger partial charge in [-0.15, -0.1) is 0 Å². The van der Waals surface area contributed by atoms with E-state index in [2.05, 4.69) is 0 Å². The molecule has 0 saturated heterocycles. The Balaban J connectivity index is 3.72. The van der Waals surface area contributed by atoms with Crippen LogP contribution < -0.4 is 0 Å². The monoisotopic (exact) mass is 268 g/mol. The lowest BCUT2D eigenvalue weighted by atomic mass is 10.3. The number of hydrogen-bond acceptors (Lipinski definition) is 4. The van der Waals surface area contributed by atoms with Gasteiger partial charge in [0.2, 0.25) is 11.5 Å². The lowest BCUT2D eigenvalue weighted by Crippen LogP contribution is -2.03. The van der Waals surface area contributed by atoms with Gasteiger partial charge in [-0.3, -0.25) is 19.3 Å². The smallest absolute Gasteiger partial charge is 0.285 e. The molecule has 0 spiro atoms. The van der Waals surface area contributed by atoms with Crippen LogP contribution in [0.1, 0.15) is 0 Å². The molecule has 0 bridgehead atoms. The molecule has 0 aliphatic rings. The first-order valence-corrected chi connectivity index (χ1v) is 6.38. The summed E-state index contributed by atoms with van der Waals surface area (Å²) >= 11 is 0. The highest BCUT2D eigenvalue weighted by molar-refractivity contribution is 7.86. The van der Waals surface area contributed by atoms with Gasteiger partial charge in [0.05, 0.1) is 4.90 Å². The highest BCUT2D eigenvalue weighted by atomic mass is 32.2. The van der Waals surface area contributed by atoms with E-state index in [0.29, 0.717) is 0 Å². The van der Waals surface area contributed by atoms with E-state index < -0.39 is 41.5 Å². The van der Waals surface area contributed by atoms with Gasteiger partial charge in [0.1, 0.15) is 4.90 Å². The van der Waals surface area contributed by atoms with Gasteiger partial charge in [0.15, 0.2) is 0 Å². The summed E-state index contributed by atoms with van der Waals surface area (Å²) in [4.78, 5) is -2.47. The van der Waals surface area contributed by atoms with E-state index in [1.54, 1.807) is 0 Å². The fourth-order valence-corrected chi connectivity index (χ4v) is 2.10. The van der Waals surface area contributed by atoms with Crippen molar-refractivity contribution in [3.05, 3.63) is 12.1 Å². The third-order valence-electron chi connectivity index (χ3n) is 1.57. The second-order valence-electron chi connectivity index (χ2n) is 2.70. The summed E-state index contributed by atoms with van der Waals surface area (Å²) < 4.78 is 59.6. The molecule has 88 valence electrons. The summed E-state index contributed by atoms with van der Waals surface area (Å²) in [6, 6.07) is 0.459. The minimum absolute atomic E-state index is 0.203. The van der Waals surface area contributed by atoms with Crippen LogP contribution in [-0.2, 0) is 30.4 Å². The van der Waals surface area contributed by atoms with Crippen molar-refractivity contribution in [3.8, 4) is 11.5 Å². The SMILES string of the molecule is [O]c1cc(S(=O)(=O)O)cc(S(=O)(=O)O)c1[O]. The minimum atomic E-state index is -5.03. The zero-order chi connectivity index (χ0) is 12.7. The Kier molecular flexibility index (Phi) is 2.85. The van der Waals surface area contributed by atoms with Crippen molar-refractivity contribution in [2.75, 3.05) is 0 Å². The number of benzene rings is 1. The summed E-state index contributed by atoms with van der Waals surface area (Å²) in [5, 5.41) is 21.9. The molecule has 2 N–H and O–H groups in total. The average molecular weight is 268 g/mol. The molecule has 0 amide bonds. The Morgan fingerprint density at radius 3 is 1.75 bits per heavy atom. The molecule has 1 aromatic carbocycles. The van der Waals surface area contributed by atoms with Gasteiger partial charge >= 0.3 is 0 Å². The first kappa shape index (κ1) is 12.7. The molecule has 0 fully saturated rings. The van der Waals surface area contributed by atoms with E-state index in [-0.39, 0.29) is 12.1 Å². The first-order valence-electron chi connectivity index (χ1n) is 3.50. The molecular formula is C6H4O8S2. The summed E-state index contributed by atoms with van der Waals surface area (Å²) in [5.74, 6) is -3.04. The molecule has 0 saturated carbocycles. The molecule has 2 radical (unpaired) electrons. The van der Waals surface area contributed by atoms with Crippen LogP contribution in [0.15, 0.2) is 21.9 Å². The van der Waals surface area contributed by atoms with Gasteiger partial charge in [0, 0.05) is 6.07 Å². The van der Waals surface area contributed by atoms with Crippen molar-refractivity contribution >= 4 is 20.2 Å². The largest absolute Gasteiger partial charge is 0.298 e. The maximum atomic E-state index is 11.0. The molecule has 0 aromatic heterocycles. The van der Waals surface area contributed by atoms with Gasteiger partial charge in [-0.1, -0.05) is 0 Å². The molecular weight excluding hydrogens is 264 g/mol. The Hall–Kier alpha value is -1.36. The Labute approximate surface area is 90.3 Å². The average Bonchev–Trinajstić information content (AvgIpc) is 2.05. The quantitative estimate of drug-likeness (QED) is 0.744. The second kappa shape index (κ2) is 3.59. The maximum Gasteiger partial charge on any atom is 0.298 e. The molecule has 1 rings (SSSR count). The van der Waals surface area contributed by atoms with Crippen molar-refractivity contribution in [1.82, 2.24) is 0 Å². The summed E-state index contributed by atoms with van der Waals surface area (Å²) in [6.45, 7) is 0. The third kappa shape index (κ3) is 2.41. The van der Waals surface area contributed by atoms with Crippen molar-refractivity contribution in [3.63, 3.8) is 0 Å². The fraction of sp³-hybridized carbons (Fsp3) is 0. The molecule has 0 atom stereocenters. The molecule has 0 unspecified atom stereocenters. The van der Waals surface area contributed by atoms with Crippen LogP contribution >= 0.6 is 0 Å². The van der Waals surface area contributed by atoms with Crippen molar-refractivity contribution < 1.29 is 36.2 Å². The van der Waals surface area contributed by atoms with Gasteiger partial charge in [-0.2, -0.15) is 16.8 Å². The van der Waals surface area contributed by atoms with Crippen LogP contribution in [0, 0.1) is 0 Å². The molecule has 0 aliphatic heterocycles. The molecule has 10 heteroatoms. The van der Waals surface area contributed by atoms with Gasteiger partial charge in [-0.25, -0.2) is 0 Å². The van der Waals surface area contributed by atoms with E-state index in [0.717, 1.165) is 0 Å². The van der Waals surface area contributed by atoms with Crippen LogP contribution in [0.25, 0.3) is 0 Å². The third-order valence-corrected chi connectivity index (χ3v) is 3.26. The van der Waals surface area contributed by atoms with E-state index in [9.17, 15) is 27.0 Å². The summed E-state index contributed by atoms with van der Waals surface area (Å²) in [6.07, 6.45) is 0. The van der Waals surface area contributed by atoms with E-state index >= 15 is 0 Å². The standard InChI is InChI=1S/C6H4O8S2/c7-4-1-3(15(9,10)11)2-5(6(4)8)16(12,13)14/h1-2H,(H,9,10,11)(H,12,13,14). The zero-order valence-electron chi connectivity index (χ0n) is 7.32. The second-order valence-corrected chi connectivity index (χ2v) is 5.51. The lowest BCUT2D eigenvalue weighted by molar-refractivity contribution is 0.277. The molecule has 1 aromatic rings. The Morgan fingerprint density at radius 2 is 1.38 bits per heavy atom. The van der Waals surface area contributed by atoms with Crippen molar-refractivity contribution in [2.45, 2.75) is 9.79 Å². The van der Waals surface area contributed by atoms with Crippen molar-refractivity contribution in [2.24, 2.45) is 0 Å². The van der Waals surface area contributed by atoms with Gasteiger partial charge in [0.25, 0.3) is 20.2 Å². The highest BCUT2D eigenvalue weighted by Crippen LogP contribution is 2.35. The predicted molar refractivity (Wildman–Crippen MR) is 46.3 cm³/mol. The van der Waals surface area contributed by atoms with E-state index in [4.69, 9.17) is 9.11 Å². The van der Waals surface area contributed by atoms with Crippen LogP contribution in [-0.4, -0.2) is 25.9 Å². The summed E-state index contributed by atoms with van der Waals surface area (Å²) in [5.41, 5.74) is 0. The van der Waals surface area contributed by atoms with Crippen molar-refractivity contribution in [1.29, 1.82) is 0 Å². The van der Waals surface area contributed by atoms with E-state index in [1.165, 1.54) is 0 Å². The molecule has 8 nitrogen and oxygen atoms in total. The predicted octanol–water partition coefficient (Wildman–Crippen LogP) is 0.468. The van der Waals surface area contributed by atoms with E-state index in [1.807, 2.05) is 0 Å². The Bertz CT molecular complexity index is 627.